The van der Waals surface area contributed by atoms with Crippen LogP contribution in [-0.2, 0) is 17.9 Å². The monoisotopic (exact) mass is 360 g/mol. The number of methoxy groups -OCH3 is 1. The first-order valence-corrected chi connectivity index (χ1v) is 12.0. The molecule has 1 heterocycles. The number of nitrogens with zero attached hydrogens (tertiary/aromatic N) is 2. The van der Waals surface area contributed by atoms with Crippen molar-refractivity contribution in [3.63, 3.8) is 0 Å². The van der Waals surface area contributed by atoms with E-state index in [2.05, 4.69) is 45.0 Å². The van der Waals surface area contributed by atoms with Crippen molar-refractivity contribution in [2.45, 2.75) is 46.3 Å². The predicted molar refractivity (Wildman–Crippen MR) is 107 cm³/mol. The minimum Gasteiger partial charge on any atom is -0.497 e. The summed E-state index contributed by atoms with van der Waals surface area (Å²) in [6.45, 7) is 12.2. The van der Waals surface area contributed by atoms with Gasteiger partial charge in [0.2, 0.25) is 0 Å². The van der Waals surface area contributed by atoms with Crippen LogP contribution in [0.15, 0.2) is 30.3 Å². The maximum Gasteiger partial charge on any atom is 0.187 e. The van der Waals surface area contributed by atoms with E-state index in [1.807, 2.05) is 36.0 Å². The molecule has 25 heavy (non-hydrogen) atoms. The van der Waals surface area contributed by atoms with Crippen LogP contribution in [0.4, 0.5) is 0 Å². The Hall–Kier alpha value is -1.59. The quantitative estimate of drug-likeness (QED) is 0.659. The Bertz CT molecular complexity index is 685. The summed E-state index contributed by atoms with van der Waals surface area (Å²) < 4.78 is 13.5. The molecule has 0 saturated heterocycles. The minimum absolute atomic E-state index is 0.323. The van der Waals surface area contributed by atoms with Crippen molar-refractivity contribution in [3.05, 3.63) is 36.0 Å². The van der Waals surface area contributed by atoms with E-state index in [9.17, 15) is 0 Å². The summed E-state index contributed by atoms with van der Waals surface area (Å²) in [5.41, 5.74) is 3.62. The lowest BCUT2D eigenvalue weighted by molar-refractivity contribution is 0.292. The van der Waals surface area contributed by atoms with Gasteiger partial charge in [-0.2, -0.15) is 5.10 Å². The van der Waals surface area contributed by atoms with Gasteiger partial charge in [-0.05, 0) is 54.9 Å². The Morgan fingerprint density at radius 3 is 2.32 bits per heavy atom. The molecule has 138 valence electrons. The molecule has 1 aromatic heterocycles. The summed E-state index contributed by atoms with van der Waals surface area (Å²) in [5, 5.41) is 4.64. The normalized spacial score (nSPS) is 12.4. The third-order valence-electron chi connectivity index (χ3n) is 4.17. The van der Waals surface area contributed by atoms with Crippen LogP contribution < -0.4 is 4.74 Å². The highest BCUT2D eigenvalue weighted by Crippen LogP contribution is 2.28. The van der Waals surface area contributed by atoms with Gasteiger partial charge in [0.1, 0.15) is 5.75 Å². The topological polar surface area (TPSA) is 36.3 Å². The van der Waals surface area contributed by atoms with Crippen molar-refractivity contribution in [2.75, 3.05) is 13.7 Å². The van der Waals surface area contributed by atoms with Crippen LogP contribution in [0, 0.1) is 5.41 Å². The fraction of sp³-hybridized carbons (Fsp3) is 0.550. The van der Waals surface area contributed by atoms with E-state index in [1.54, 1.807) is 7.11 Å². The second-order valence-electron chi connectivity index (χ2n) is 8.47. The molecule has 0 bridgehead atoms. The van der Waals surface area contributed by atoms with E-state index in [-0.39, 0.29) is 0 Å². The van der Waals surface area contributed by atoms with Gasteiger partial charge >= 0.3 is 0 Å². The molecule has 2 rings (SSSR count). The van der Waals surface area contributed by atoms with Gasteiger partial charge in [-0.1, -0.05) is 20.8 Å². The molecule has 0 aliphatic carbocycles. The Balaban J connectivity index is 1.98. The third-order valence-corrected chi connectivity index (χ3v) is 7.07. The molecule has 1 aromatic carbocycles. The van der Waals surface area contributed by atoms with E-state index in [4.69, 9.17) is 9.16 Å². The van der Waals surface area contributed by atoms with Gasteiger partial charge in [-0.15, -0.1) is 0 Å². The van der Waals surface area contributed by atoms with Gasteiger partial charge in [0.25, 0.3) is 0 Å². The van der Waals surface area contributed by atoms with Crippen molar-refractivity contribution >= 4 is 8.32 Å². The number of rotatable bonds is 7. The zero-order valence-corrected chi connectivity index (χ0v) is 17.7. The highest BCUT2D eigenvalue weighted by molar-refractivity contribution is 6.71. The molecule has 0 aliphatic rings. The highest BCUT2D eigenvalue weighted by atomic mass is 28.4. The average Bonchev–Trinajstić information content (AvgIpc) is 2.86. The molecule has 0 amide bonds. The molecule has 0 fully saturated rings. The lowest BCUT2D eigenvalue weighted by Crippen LogP contribution is -2.35. The lowest BCUT2D eigenvalue weighted by Gasteiger charge is -2.30. The maximum absolute atomic E-state index is 6.29. The van der Waals surface area contributed by atoms with Crippen LogP contribution in [0.1, 0.15) is 26.5 Å². The predicted octanol–water partition coefficient (Wildman–Crippen LogP) is 4.91. The van der Waals surface area contributed by atoms with Gasteiger partial charge in [0.15, 0.2) is 8.32 Å². The first-order valence-electron chi connectivity index (χ1n) is 8.91. The third kappa shape index (κ3) is 6.01. The second kappa shape index (κ2) is 7.75. The zero-order valence-electron chi connectivity index (χ0n) is 16.7. The summed E-state index contributed by atoms with van der Waals surface area (Å²) >= 11 is 0. The van der Waals surface area contributed by atoms with Gasteiger partial charge in [-0.25, -0.2) is 0 Å². The molecule has 0 N–H and O–H groups in total. The summed E-state index contributed by atoms with van der Waals surface area (Å²) in [6.07, 6.45) is 0.889. The van der Waals surface area contributed by atoms with Crippen LogP contribution in [0.2, 0.25) is 19.1 Å². The van der Waals surface area contributed by atoms with Gasteiger partial charge in [-0.3, -0.25) is 4.68 Å². The molecule has 5 heteroatoms. The van der Waals surface area contributed by atoms with Gasteiger partial charge in [0, 0.05) is 31.3 Å². The molecule has 0 saturated carbocycles. The molecule has 4 nitrogen and oxygen atoms in total. The summed E-state index contributed by atoms with van der Waals surface area (Å²) in [6, 6.07) is 11.3. The number of hydrogen-bond donors (Lipinski definition) is 0. The lowest BCUT2D eigenvalue weighted by atomic mass is 10.0. The standard InChI is InChI=1S/C20H32N2O2Si/c1-20(2,3)15-25(6,7)24-13-12-17-14-19(21-22(17)4)16-8-10-18(23-5)11-9-16/h8-11,14H,12-13,15H2,1-7H3. The number of aryl methyl sites for hydroxylation is 1. The Morgan fingerprint density at radius 2 is 1.76 bits per heavy atom. The smallest absolute Gasteiger partial charge is 0.187 e. The van der Waals surface area contributed by atoms with Gasteiger partial charge < -0.3 is 9.16 Å². The minimum atomic E-state index is -1.62. The Labute approximate surface area is 153 Å². The SMILES string of the molecule is COc1ccc(-c2cc(CCO[Si](C)(C)CC(C)(C)C)n(C)n2)cc1. The van der Waals surface area contributed by atoms with E-state index < -0.39 is 8.32 Å². The molecule has 0 unspecified atom stereocenters. The number of hydrogen-bond acceptors (Lipinski definition) is 3. The fourth-order valence-electron chi connectivity index (χ4n) is 3.40. The summed E-state index contributed by atoms with van der Waals surface area (Å²) in [7, 11) is 2.06. The van der Waals surface area contributed by atoms with Crippen LogP contribution in [0.25, 0.3) is 11.3 Å². The van der Waals surface area contributed by atoms with Crippen LogP contribution >= 0.6 is 0 Å². The van der Waals surface area contributed by atoms with Gasteiger partial charge in [0.05, 0.1) is 12.8 Å². The average molecular weight is 361 g/mol. The molecule has 0 radical (unpaired) electrons. The van der Waals surface area contributed by atoms with E-state index in [0.29, 0.717) is 5.41 Å². The molecular formula is C20H32N2O2Si. The maximum atomic E-state index is 6.29. The van der Waals surface area contributed by atoms with Crippen molar-refractivity contribution in [2.24, 2.45) is 12.5 Å². The second-order valence-corrected chi connectivity index (χ2v) is 12.6. The van der Waals surface area contributed by atoms with Crippen molar-refractivity contribution in [1.29, 1.82) is 0 Å². The van der Waals surface area contributed by atoms with Crippen LogP contribution in [-0.4, -0.2) is 31.8 Å². The molecule has 0 aliphatic heterocycles. The molecule has 0 atom stereocenters. The van der Waals surface area contributed by atoms with E-state index >= 15 is 0 Å². The zero-order chi connectivity index (χ0) is 18.7. The van der Waals surface area contributed by atoms with Crippen LogP contribution in [0.3, 0.4) is 0 Å². The van der Waals surface area contributed by atoms with Crippen molar-refractivity contribution < 1.29 is 9.16 Å². The van der Waals surface area contributed by atoms with Crippen molar-refractivity contribution in [1.82, 2.24) is 9.78 Å². The van der Waals surface area contributed by atoms with E-state index in [0.717, 1.165) is 30.0 Å². The molecular weight excluding hydrogens is 328 g/mol. The fourth-order valence-corrected chi connectivity index (χ4v) is 6.71. The van der Waals surface area contributed by atoms with Crippen molar-refractivity contribution in [3.8, 4) is 17.0 Å². The number of benzene rings is 1. The number of ether oxygens (including phenoxy) is 1. The largest absolute Gasteiger partial charge is 0.497 e. The van der Waals surface area contributed by atoms with E-state index in [1.165, 1.54) is 11.7 Å². The summed E-state index contributed by atoms with van der Waals surface area (Å²) in [4.78, 5) is 0. The highest BCUT2D eigenvalue weighted by Gasteiger charge is 2.29. The molecule has 2 aromatic rings. The first kappa shape index (κ1) is 19.7. The molecule has 0 spiro atoms. The van der Waals surface area contributed by atoms with Crippen LogP contribution in [0.5, 0.6) is 5.75 Å². The Kier molecular flexibility index (Phi) is 6.11. The summed E-state index contributed by atoms with van der Waals surface area (Å²) in [5.74, 6) is 0.861. The Morgan fingerprint density at radius 1 is 1.12 bits per heavy atom. The first-order chi connectivity index (χ1) is 11.6. The number of aromatic nitrogens is 2.